The number of rotatable bonds is 8. The first-order valence-electron chi connectivity index (χ1n) is 9.77. The molecular weight excluding hydrogens is 422 g/mol. The van der Waals surface area contributed by atoms with E-state index in [1.807, 2.05) is 0 Å². The molecule has 0 unspecified atom stereocenters. The van der Waals surface area contributed by atoms with Crippen LogP contribution in [0.15, 0.2) is 42.5 Å². The second-order valence-electron chi connectivity index (χ2n) is 7.07. The predicted octanol–water partition coefficient (Wildman–Crippen LogP) is 2.60. The Labute approximate surface area is 181 Å². The van der Waals surface area contributed by atoms with E-state index in [1.165, 1.54) is 11.2 Å². The predicted molar refractivity (Wildman–Crippen MR) is 118 cm³/mol. The summed E-state index contributed by atoms with van der Waals surface area (Å²) in [5.74, 6) is 0.665. The fourth-order valence-electron chi connectivity index (χ4n) is 3.12. The molecule has 2 aromatic rings. The smallest absolute Gasteiger partial charge is 0.232 e. The molecule has 0 radical (unpaired) electrons. The topological polar surface area (TPSA) is 114 Å². The molecule has 0 spiro atoms. The van der Waals surface area contributed by atoms with Crippen molar-refractivity contribution in [1.82, 2.24) is 0 Å². The SMILES string of the molecule is CC(=O)Nc1ccc(NC(=O)CCCN(c2ccc3c(c2)OCCO3)S(C)(=O)=O)cc1. The van der Waals surface area contributed by atoms with Gasteiger partial charge < -0.3 is 20.1 Å². The van der Waals surface area contributed by atoms with E-state index in [2.05, 4.69) is 10.6 Å². The van der Waals surface area contributed by atoms with E-state index < -0.39 is 10.0 Å². The lowest BCUT2D eigenvalue weighted by Gasteiger charge is -2.25. The van der Waals surface area contributed by atoms with Crippen LogP contribution in [0.25, 0.3) is 0 Å². The van der Waals surface area contributed by atoms with Crippen molar-refractivity contribution in [3.63, 3.8) is 0 Å². The van der Waals surface area contributed by atoms with Crippen LogP contribution >= 0.6 is 0 Å². The largest absolute Gasteiger partial charge is 0.486 e. The molecule has 1 aliphatic rings. The molecule has 0 aliphatic carbocycles. The van der Waals surface area contributed by atoms with Gasteiger partial charge >= 0.3 is 0 Å². The number of benzene rings is 2. The van der Waals surface area contributed by atoms with E-state index in [4.69, 9.17) is 9.47 Å². The van der Waals surface area contributed by atoms with E-state index in [9.17, 15) is 18.0 Å². The molecule has 10 heteroatoms. The summed E-state index contributed by atoms with van der Waals surface area (Å²) in [7, 11) is -3.55. The third-order valence-corrected chi connectivity index (χ3v) is 5.66. The maximum Gasteiger partial charge on any atom is 0.232 e. The minimum absolute atomic E-state index is 0.143. The monoisotopic (exact) mass is 447 g/mol. The summed E-state index contributed by atoms with van der Waals surface area (Å²) in [4.78, 5) is 23.3. The van der Waals surface area contributed by atoms with E-state index >= 15 is 0 Å². The second-order valence-corrected chi connectivity index (χ2v) is 8.98. The summed E-state index contributed by atoms with van der Waals surface area (Å²) in [5, 5.41) is 5.41. The maximum absolute atomic E-state index is 12.3. The zero-order valence-electron chi connectivity index (χ0n) is 17.4. The van der Waals surface area contributed by atoms with Crippen molar-refractivity contribution in [2.24, 2.45) is 0 Å². The lowest BCUT2D eigenvalue weighted by Crippen LogP contribution is -2.31. The maximum atomic E-state index is 12.3. The molecule has 2 amide bonds. The molecule has 0 saturated heterocycles. The van der Waals surface area contributed by atoms with Crippen LogP contribution in [0.1, 0.15) is 19.8 Å². The first-order valence-corrected chi connectivity index (χ1v) is 11.6. The van der Waals surface area contributed by atoms with E-state index in [1.54, 1.807) is 42.5 Å². The Kier molecular flexibility index (Phi) is 7.01. The number of amides is 2. The van der Waals surface area contributed by atoms with Gasteiger partial charge in [-0.3, -0.25) is 13.9 Å². The van der Waals surface area contributed by atoms with E-state index in [-0.39, 0.29) is 24.8 Å². The van der Waals surface area contributed by atoms with Crippen molar-refractivity contribution in [2.75, 3.05) is 41.0 Å². The van der Waals surface area contributed by atoms with Crippen LogP contribution in [0.2, 0.25) is 0 Å². The van der Waals surface area contributed by atoms with Crippen LogP contribution in [0.5, 0.6) is 11.5 Å². The van der Waals surface area contributed by atoms with Crippen LogP contribution in [0.4, 0.5) is 17.1 Å². The minimum atomic E-state index is -3.55. The molecule has 166 valence electrons. The average molecular weight is 448 g/mol. The van der Waals surface area contributed by atoms with Gasteiger partial charge in [0.05, 0.1) is 11.9 Å². The Balaban J connectivity index is 1.57. The molecule has 1 heterocycles. The molecule has 0 fully saturated rings. The normalized spacial score (nSPS) is 12.7. The van der Waals surface area contributed by atoms with Crippen molar-refractivity contribution in [3.8, 4) is 11.5 Å². The highest BCUT2D eigenvalue weighted by atomic mass is 32.2. The van der Waals surface area contributed by atoms with Gasteiger partial charge in [-0.05, 0) is 42.8 Å². The number of hydrogen-bond donors (Lipinski definition) is 2. The molecule has 2 aromatic carbocycles. The van der Waals surface area contributed by atoms with Crippen LogP contribution < -0.4 is 24.4 Å². The number of ether oxygens (including phenoxy) is 2. The third-order valence-electron chi connectivity index (χ3n) is 4.47. The number of nitrogens with one attached hydrogen (secondary N) is 2. The van der Waals surface area contributed by atoms with Crippen LogP contribution in [-0.2, 0) is 19.6 Å². The van der Waals surface area contributed by atoms with Crippen LogP contribution in [-0.4, -0.2) is 46.2 Å². The second kappa shape index (κ2) is 9.69. The minimum Gasteiger partial charge on any atom is -0.486 e. The van der Waals surface area contributed by atoms with Gasteiger partial charge in [-0.15, -0.1) is 0 Å². The van der Waals surface area contributed by atoms with Gasteiger partial charge in [0.1, 0.15) is 13.2 Å². The standard InChI is InChI=1S/C21H25N3O6S/c1-15(25)22-16-5-7-17(8-6-16)23-21(26)4-3-11-24(31(2,27)28)18-9-10-19-20(14-18)30-13-12-29-19/h5-10,14H,3-4,11-13H2,1-2H3,(H,22,25)(H,23,26). The van der Waals surface area contributed by atoms with Gasteiger partial charge in [0.25, 0.3) is 0 Å². The van der Waals surface area contributed by atoms with Gasteiger partial charge in [0.15, 0.2) is 11.5 Å². The van der Waals surface area contributed by atoms with Gasteiger partial charge in [-0.2, -0.15) is 0 Å². The van der Waals surface area contributed by atoms with Crippen molar-refractivity contribution in [2.45, 2.75) is 19.8 Å². The Hall–Kier alpha value is -3.27. The first kappa shape index (κ1) is 22.4. The molecule has 0 aromatic heterocycles. The molecule has 2 N–H and O–H groups in total. The molecule has 3 rings (SSSR count). The number of fused-ring (bicyclic) bond motifs is 1. The van der Waals surface area contributed by atoms with E-state index in [0.717, 1.165) is 6.26 Å². The number of carbonyl (C=O) groups is 2. The number of hydrogen-bond acceptors (Lipinski definition) is 6. The summed E-state index contributed by atoms with van der Waals surface area (Å²) in [6.45, 7) is 2.42. The summed E-state index contributed by atoms with van der Waals surface area (Å²) in [5.41, 5.74) is 1.68. The highest BCUT2D eigenvalue weighted by Gasteiger charge is 2.21. The molecule has 0 atom stereocenters. The zero-order valence-corrected chi connectivity index (χ0v) is 18.2. The Morgan fingerprint density at radius 3 is 2.19 bits per heavy atom. The molecule has 9 nitrogen and oxygen atoms in total. The van der Waals surface area contributed by atoms with Gasteiger partial charge in [0.2, 0.25) is 21.8 Å². The Bertz CT molecular complexity index is 1050. The fourth-order valence-corrected chi connectivity index (χ4v) is 4.08. The molecule has 1 aliphatic heterocycles. The number of sulfonamides is 1. The molecule has 31 heavy (non-hydrogen) atoms. The highest BCUT2D eigenvalue weighted by molar-refractivity contribution is 7.92. The lowest BCUT2D eigenvalue weighted by molar-refractivity contribution is -0.116. The summed E-state index contributed by atoms with van der Waals surface area (Å²) >= 11 is 0. The zero-order chi connectivity index (χ0) is 22.4. The van der Waals surface area contributed by atoms with Crippen LogP contribution in [0.3, 0.4) is 0 Å². The average Bonchev–Trinajstić information content (AvgIpc) is 2.71. The number of anilines is 3. The first-order chi connectivity index (χ1) is 14.7. The number of nitrogens with zero attached hydrogens (tertiary/aromatic N) is 1. The van der Waals surface area contributed by atoms with Crippen molar-refractivity contribution < 1.29 is 27.5 Å². The van der Waals surface area contributed by atoms with Crippen LogP contribution in [0, 0.1) is 0 Å². The van der Waals surface area contributed by atoms with Crippen molar-refractivity contribution in [1.29, 1.82) is 0 Å². The lowest BCUT2D eigenvalue weighted by atomic mass is 10.2. The quantitative estimate of drug-likeness (QED) is 0.643. The summed E-state index contributed by atoms with van der Waals surface area (Å²) < 4.78 is 36.9. The summed E-state index contributed by atoms with van der Waals surface area (Å²) in [6, 6.07) is 11.7. The molecule has 0 bridgehead atoms. The summed E-state index contributed by atoms with van der Waals surface area (Å²) in [6.07, 6.45) is 1.60. The highest BCUT2D eigenvalue weighted by Crippen LogP contribution is 2.34. The van der Waals surface area contributed by atoms with Gasteiger partial charge in [-0.1, -0.05) is 0 Å². The third kappa shape index (κ3) is 6.35. The van der Waals surface area contributed by atoms with Gasteiger partial charge in [-0.25, -0.2) is 8.42 Å². The molecule has 0 saturated carbocycles. The fraction of sp³-hybridized carbons (Fsp3) is 0.333. The Morgan fingerprint density at radius 1 is 0.968 bits per heavy atom. The van der Waals surface area contributed by atoms with Crippen molar-refractivity contribution in [3.05, 3.63) is 42.5 Å². The van der Waals surface area contributed by atoms with Gasteiger partial charge in [0, 0.05) is 37.3 Å². The number of carbonyl (C=O) groups excluding carboxylic acids is 2. The molecular formula is C21H25N3O6S. The van der Waals surface area contributed by atoms with E-state index in [0.29, 0.717) is 48.2 Å². The Morgan fingerprint density at radius 2 is 1.58 bits per heavy atom. The van der Waals surface area contributed by atoms with Crippen molar-refractivity contribution >= 4 is 38.9 Å².